The van der Waals surface area contributed by atoms with Crippen molar-refractivity contribution in [2.75, 3.05) is 0 Å². The molecule has 0 bridgehead atoms. The second-order valence-electron chi connectivity index (χ2n) is 7.52. The minimum absolute atomic E-state index is 0.00884. The Morgan fingerprint density at radius 1 is 1.10 bits per heavy atom. The van der Waals surface area contributed by atoms with E-state index >= 15 is 0 Å². The van der Waals surface area contributed by atoms with E-state index in [1.54, 1.807) is 4.68 Å². The molecule has 0 radical (unpaired) electrons. The van der Waals surface area contributed by atoms with Crippen molar-refractivity contribution in [2.45, 2.75) is 46.8 Å². The third-order valence-electron chi connectivity index (χ3n) is 4.52. The van der Waals surface area contributed by atoms with E-state index in [0.29, 0.717) is 12.4 Å². The molecule has 2 aromatic carbocycles. The van der Waals surface area contributed by atoms with Gasteiger partial charge in [0.05, 0.1) is 19.8 Å². The number of carbonyl (C=O) groups is 1. The summed E-state index contributed by atoms with van der Waals surface area (Å²) in [6.07, 6.45) is 1.88. The number of benzene rings is 2. The Balaban J connectivity index is 1.76. The van der Waals surface area contributed by atoms with E-state index in [4.69, 9.17) is 14.6 Å². The quantitative estimate of drug-likeness (QED) is 0.317. The molecule has 3 aromatic rings. The van der Waals surface area contributed by atoms with Crippen LogP contribution in [0.1, 0.15) is 42.3 Å². The van der Waals surface area contributed by atoms with E-state index in [-0.39, 0.29) is 12.5 Å². The summed E-state index contributed by atoms with van der Waals surface area (Å²) >= 11 is 4.41. The summed E-state index contributed by atoms with van der Waals surface area (Å²) < 4.78 is 15.8. The highest BCUT2D eigenvalue weighted by Gasteiger charge is 2.14. The zero-order chi connectivity index (χ0) is 22.7. The molecule has 1 aromatic heterocycles. The molecule has 9 heteroatoms. The van der Waals surface area contributed by atoms with Crippen LogP contribution in [0.4, 0.5) is 0 Å². The summed E-state index contributed by atoms with van der Waals surface area (Å²) in [5.74, 6) is 1.36. The van der Waals surface area contributed by atoms with Gasteiger partial charge in [-0.15, -0.1) is 5.10 Å². The summed E-state index contributed by atoms with van der Waals surface area (Å²) in [5.41, 5.74) is 3.37. The van der Waals surface area contributed by atoms with E-state index in [2.05, 4.69) is 55.5 Å². The number of halogens is 2. The molecule has 0 saturated heterocycles. The Hall–Kier alpha value is -1.89. The van der Waals surface area contributed by atoms with Crippen LogP contribution in [0.2, 0.25) is 0 Å². The van der Waals surface area contributed by atoms with Gasteiger partial charge in [0.15, 0.2) is 0 Å². The average Bonchev–Trinajstić information content (AvgIpc) is 3.13. The Labute approximate surface area is 208 Å². The first kappa shape index (κ1) is 23.8. The van der Waals surface area contributed by atoms with Crippen molar-refractivity contribution in [3.8, 4) is 17.2 Å². The maximum Gasteiger partial charge on any atom is 0.307 e. The second kappa shape index (κ2) is 10.2. The SMILES string of the molecule is Cc1cc(Oc2c(C)cc(CC(=O)O)cc2I)cc(I)c1OCc1cn(C(C)C)nn1. The number of carboxylic acid groups (broad SMARTS) is 1. The van der Waals surface area contributed by atoms with Gasteiger partial charge in [0, 0.05) is 6.04 Å². The Kier molecular flexibility index (Phi) is 7.78. The van der Waals surface area contributed by atoms with Gasteiger partial charge >= 0.3 is 5.97 Å². The van der Waals surface area contributed by atoms with Gasteiger partial charge in [-0.3, -0.25) is 4.79 Å². The Morgan fingerprint density at radius 2 is 1.77 bits per heavy atom. The van der Waals surface area contributed by atoms with Gasteiger partial charge in [-0.25, -0.2) is 4.68 Å². The van der Waals surface area contributed by atoms with E-state index in [1.165, 1.54) is 0 Å². The average molecular weight is 647 g/mol. The molecular weight excluding hydrogens is 624 g/mol. The first-order valence-electron chi connectivity index (χ1n) is 9.66. The lowest BCUT2D eigenvalue weighted by molar-refractivity contribution is -0.136. The number of nitrogens with zero attached hydrogens (tertiary/aromatic N) is 3. The predicted molar refractivity (Wildman–Crippen MR) is 134 cm³/mol. The van der Waals surface area contributed by atoms with Crippen LogP contribution in [0.3, 0.4) is 0 Å². The molecule has 0 aliphatic rings. The molecule has 0 spiro atoms. The van der Waals surface area contributed by atoms with Crippen molar-refractivity contribution in [3.05, 3.63) is 60.0 Å². The van der Waals surface area contributed by atoms with Crippen LogP contribution in [0.25, 0.3) is 0 Å². The molecule has 1 heterocycles. The van der Waals surface area contributed by atoms with Crippen molar-refractivity contribution in [1.82, 2.24) is 15.0 Å². The van der Waals surface area contributed by atoms with Crippen molar-refractivity contribution < 1.29 is 19.4 Å². The fraction of sp³-hybridized carbons (Fsp3) is 0.318. The highest BCUT2D eigenvalue weighted by Crippen LogP contribution is 2.36. The number of aromatic nitrogens is 3. The van der Waals surface area contributed by atoms with Crippen molar-refractivity contribution in [1.29, 1.82) is 0 Å². The van der Waals surface area contributed by atoms with Crippen molar-refractivity contribution in [2.24, 2.45) is 0 Å². The number of hydrogen-bond donors (Lipinski definition) is 1. The van der Waals surface area contributed by atoms with Gasteiger partial charge in [-0.1, -0.05) is 11.3 Å². The lowest BCUT2D eigenvalue weighted by Gasteiger charge is -2.16. The van der Waals surface area contributed by atoms with Crippen LogP contribution >= 0.6 is 45.2 Å². The van der Waals surface area contributed by atoms with Gasteiger partial charge in [-0.2, -0.15) is 0 Å². The van der Waals surface area contributed by atoms with Gasteiger partial charge in [0.25, 0.3) is 0 Å². The van der Waals surface area contributed by atoms with E-state index in [0.717, 1.165) is 41.0 Å². The fourth-order valence-corrected chi connectivity index (χ4v) is 4.87. The summed E-state index contributed by atoms with van der Waals surface area (Å²) in [5, 5.41) is 17.3. The maximum absolute atomic E-state index is 11.0. The number of aliphatic carboxylic acids is 1. The maximum atomic E-state index is 11.0. The van der Waals surface area contributed by atoms with Crippen molar-refractivity contribution in [3.63, 3.8) is 0 Å². The number of carboxylic acids is 1. The molecule has 1 N–H and O–H groups in total. The zero-order valence-corrected chi connectivity index (χ0v) is 22.0. The van der Waals surface area contributed by atoms with Crippen molar-refractivity contribution >= 4 is 51.2 Å². The lowest BCUT2D eigenvalue weighted by atomic mass is 10.1. The summed E-state index contributed by atoms with van der Waals surface area (Å²) in [7, 11) is 0. The molecule has 7 nitrogen and oxygen atoms in total. The summed E-state index contributed by atoms with van der Waals surface area (Å²) in [6.45, 7) is 8.33. The number of hydrogen-bond acceptors (Lipinski definition) is 5. The molecule has 0 unspecified atom stereocenters. The van der Waals surface area contributed by atoms with Gasteiger partial charge < -0.3 is 14.6 Å². The van der Waals surface area contributed by atoms with E-state index in [9.17, 15) is 4.79 Å². The number of aryl methyl sites for hydroxylation is 2. The van der Waals surface area contributed by atoms with Crippen LogP contribution in [0, 0.1) is 21.0 Å². The molecule has 164 valence electrons. The third kappa shape index (κ3) is 6.09. The number of rotatable bonds is 8. The first-order chi connectivity index (χ1) is 14.6. The van der Waals surface area contributed by atoms with Crippen LogP contribution in [0.5, 0.6) is 17.2 Å². The smallest absolute Gasteiger partial charge is 0.307 e. The third-order valence-corrected chi connectivity index (χ3v) is 6.12. The van der Waals surface area contributed by atoms with Crippen LogP contribution in [0.15, 0.2) is 30.5 Å². The number of ether oxygens (including phenoxy) is 2. The molecule has 0 aliphatic heterocycles. The normalized spacial score (nSPS) is 11.1. The Morgan fingerprint density at radius 3 is 2.35 bits per heavy atom. The summed E-state index contributed by atoms with van der Waals surface area (Å²) in [4.78, 5) is 11.0. The highest BCUT2D eigenvalue weighted by atomic mass is 127. The standard InChI is InChI=1S/C22H23I2N3O4/c1-12(2)27-10-16(25-26-27)11-30-21-14(4)6-17(9-19(21)24)31-22-13(3)5-15(7-18(22)23)8-20(28)29/h5-7,9-10,12H,8,11H2,1-4H3,(H,28,29). The van der Waals surface area contributed by atoms with E-state index < -0.39 is 5.97 Å². The van der Waals surface area contributed by atoms with Crippen LogP contribution in [-0.4, -0.2) is 26.1 Å². The van der Waals surface area contributed by atoms with Gasteiger partial charge in [0.1, 0.15) is 29.5 Å². The minimum atomic E-state index is -0.851. The second-order valence-corrected chi connectivity index (χ2v) is 9.84. The zero-order valence-electron chi connectivity index (χ0n) is 17.6. The molecule has 31 heavy (non-hydrogen) atoms. The predicted octanol–water partition coefficient (Wildman–Crippen LogP) is 5.68. The largest absolute Gasteiger partial charge is 0.486 e. The molecule has 0 fully saturated rings. The van der Waals surface area contributed by atoms with Gasteiger partial charge in [0.2, 0.25) is 0 Å². The van der Waals surface area contributed by atoms with Gasteiger partial charge in [-0.05, 0) is 108 Å². The molecule has 0 atom stereocenters. The van der Waals surface area contributed by atoms with Crippen LogP contribution < -0.4 is 9.47 Å². The van der Waals surface area contributed by atoms with E-state index in [1.807, 2.05) is 58.2 Å². The fourth-order valence-electron chi connectivity index (χ4n) is 3.04. The molecule has 0 aliphatic carbocycles. The molecular formula is C22H23I2N3O4. The molecule has 0 amide bonds. The Bertz CT molecular complexity index is 1070. The lowest BCUT2D eigenvalue weighted by Crippen LogP contribution is -2.02. The minimum Gasteiger partial charge on any atom is -0.486 e. The van der Waals surface area contributed by atoms with Crippen LogP contribution in [-0.2, 0) is 17.8 Å². The summed E-state index contributed by atoms with van der Waals surface area (Å²) in [6, 6.07) is 7.81. The topological polar surface area (TPSA) is 86.5 Å². The molecule has 0 saturated carbocycles. The molecule has 3 rings (SSSR count). The highest BCUT2D eigenvalue weighted by molar-refractivity contribution is 14.1. The monoisotopic (exact) mass is 647 g/mol. The first-order valence-corrected chi connectivity index (χ1v) is 11.8.